The van der Waals surface area contributed by atoms with E-state index in [2.05, 4.69) is 36.6 Å². The first kappa shape index (κ1) is 15.6. The third-order valence-corrected chi connectivity index (χ3v) is 4.02. The minimum absolute atomic E-state index is 0.133. The van der Waals surface area contributed by atoms with Gasteiger partial charge in [0.15, 0.2) is 16.6 Å². The summed E-state index contributed by atoms with van der Waals surface area (Å²) in [5, 5.41) is 7.09. The van der Waals surface area contributed by atoms with Crippen LogP contribution in [0.3, 0.4) is 0 Å². The topological polar surface area (TPSA) is 42.5 Å². The van der Waals surface area contributed by atoms with Crippen molar-refractivity contribution in [1.82, 2.24) is 5.32 Å². The van der Waals surface area contributed by atoms with Crippen molar-refractivity contribution in [1.29, 1.82) is 0 Å². The molecule has 2 N–H and O–H groups in total. The second kappa shape index (κ2) is 6.87. The van der Waals surface area contributed by atoms with Gasteiger partial charge in [-0.3, -0.25) is 0 Å². The molecule has 0 saturated carbocycles. The summed E-state index contributed by atoms with van der Waals surface area (Å²) in [5.74, 6) is 1.52. The first-order valence-electron chi connectivity index (χ1n) is 7.66. The molecule has 0 radical (unpaired) electrons. The van der Waals surface area contributed by atoms with Gasteiger partial charge in [0.05, 0.1) is 6.04 Å². The Morgan fingerprint density at radius 3 is 2.61 bits per heavy atom. The third kappa shape index (κ3) is 3.74. The lowest BCUT2D eigenvalue weighted by Gasteiger charge is -2.21. The number of hydrogen-bond acceptors (Lipinski definition) is 3. The molecule has 5 heteroatoms. The maximum atomic E-state index is 5.58. The molecule has 2 aromatic rings. The third-order valence-electron chi connectivity index (χ3n) is 3.80. The number of benzene rings is 2. The number of ether oxygens (including phenoxy) is 2. The van der Waals surface area contributed by atoms with E-state index in [-0.39, 0.29) is 6.04 Å². The van der Waals surface area contributed by atoms with Crippen LogP contribution in [0.4, 0.5) is 5.69 Å². The van der Waals surface area contributed by atoms with E-state index in [0.717, 1.165) is 17.2 Å². The standard InChI is InChI=1S/C18H20N2O2S/c1-12-5-3-4-6-15(12)13(2)19-18(23)20-14-7-8-16-17(11-14)22-10-9-21-16/h3-8,11,13H,9-10H2,1-2H3,(H2,19,20,23). The molecule has 0 aliphatic carbocycles. The van der Waals surface area contributed by atoms with E-state index in [0.29, 0.717) is 18.3 Å². The number of nitrogens with one attached hydrogen (secondary N) is 2. The summed E-state index contributed by atoms with van der Waals surface area (Å²) in [6, 6.07) is 14.2. The molecule has 23 heavy (non-hydrogen) atoms. The van der Waals surface area contributed by atoms with Crippen molar-refractivity contribution in [2.75, 3.05) is 18.5 Å². The smallest absolute Gasteiger partial charge is 0.171 e. The summed E-state index contributed by atoms with van der Waals surface area (Å²) >= 11 is 5.42. The van der Waals surface area contributed by atoms with Gasteiger partial charge in [0.2, 0.25) is 0 Å². The highest BCUT2D eigenvalue weighted by atomic mass is 32.1. The largest absolute Gasteiger partial charge is 0.486 e. The average Bonchev–Trinajstić information content (AvgIpc) is 2.55. The molecule has 0 bridgehead atoms. The highest BCUT2D eigenvalue weighted by molar-refractivity contribution is 7.80. The normalized spacial score (nSPS) is 14.0. The van der Waals surface area contributed by atoms with Crippen molar-refractivity contribution in [3.05, 3.63) is 53.6 Å². The van der Waals surface area contributed by atoms with Gasteiger partial charge in [-0.2, -0.15) is 0 Å². The summed E-state index contributed by atoms with van der Waals surface area (Å²) in [7, 11) is 0. The van der Waals surface area contributed by atoms with Crippen molar-refractivity contribution < 1.29 is 9.47 Å². The fraction of sp³-hybridized carbons (Fsp3) is 0.278. The summed E-state index contributed by atoms with van der Waals surface area (Å²) in [4.78, 5) is 0. The number of thiocarbonyl (C=S) groups is 1. The fourth-order valence-electron chi connectivity index (χ4n) is 2.64. The van der Waals surface area contributed by atoms with Crippen LogP contribution in [0.25, 0.3) is 0 Å². The van der Waals surface area contributed by atoms with E-state index in [1.807, 2.05) is 30.3 Å². The van der Waals surface area contributed by atoms with Crippen molar-refractivity contribution in [3.8, 4) is 11.5 Å². The SMILES string of the molecule is Cc1ccccc1C(C)NC(=S)Nc1ccc2c(c1)OCCO2. The highest BCUT2D eigenvalue weighted by Gasteiger charge is 2.13. The Kier molecular flexibility index (Phi) is 4.67. The average molecular weight is 328 g/mol. The molecule has 3 rings (SSSR count). The first-order chi connectivity index (χ1) is 11.1. The van der Waals surface area contributed by atoms with Crippen LogP contribution in [0.15, 0.2) is 42.5 Å². The molecule has 4 nitrogen and oxygen atoms in total. The van der Waals surface area contributed by atoms with Gasteiger partial charge in [-0.05, 0) is 49.3 Å². The number of fused-ring (bicyclic) bond motifs is 1. The second-order valence-electron chi connectivity index (χ2n) is 5.54. The van der Waals surface area contributed by atoms with Gasteiger partial charge in [-0.15, -0.1) is 0 Å². The molecular weight excluding hydrogens is 308 g/mol. The van der Waals surface area contributed by atoms with E-state index in [1.165, 1.54) is 11.1 Å². The van der Waals surface area contributed by atoms with E-state index < -0.39 is 0 Å². The van der Waals surface area contributed by atoms with Crippen LogP contribution in [0.2, 0.25) is 0 Å². The predicted octanol–water partition coefficient (Wildman–Crippen LogP) is 3.81. The molecule has 0 saturated heterocycles. The molecule has 1 atom stereocenters. The van der Waals surface area contributed by atoms with E-state index in [4.69, 9.17) is 21.7 Å². The first-order valence-corrected chi connectivity index (χ1v) is 8.07. The summed E-state index contributed by atoms with van der Waals surface area (Å²) in [6.45, 7) is 5.36. The van der Waals surface area contributed by atoms with Crippen LogP contribution < -0.4 is 20.1 Å². The van der Waals surface area contributed by atoms with Crippen molar-refractivity contribution in [2.24, 2.45) is 0 Å². The molecule has 0 amide bonds. The van der Waals surface area contributed by atoms with Gasteiger partial charge in [0.25, 0.3) is 0 Å². The zero-order valence-electron chi connectivity index (χ0n) is 13.3. The van der Waals surface area contributed by atoms with Crippen molar-refractivity contribution in [2.45, 2.75) is 19.9 Å². The Balaban J connectivity index is 1.64. The van der Waals surface area contributed by atoms with Gasteiger partial charge in [-0.1, -0.05) is 24.3 Å². The van der Waals surface area contributed by atoms with Crippen LogP contribution in [0.5, 0.6) is 11.5 Å². The molecule has 1 heterocycles. The molecular formula is C18H20N2O2S. The lowest BCUT2D eigenvalue weighted by Crippen LogP contribution is -2.31. The molecule has 1 aliphatic rings. The lowest BCUT2D eigenvalue weighted by molar-refractivity contribution is 0.171. The molecule has 0 spiro atoms. The quantitative estimate of drug-likeness (QED) is 0.839. The minimum atomic E-state index is 0.133. The molecule has 1 unspecified atom stereocenters. The van der Waals surface area contributed by atoms with Gasteiger partial charge in [-0.25, -0.2) is 0 Å². The Morgan fingerprint density at radius 1 is 1.09 bits per heavy atom. The number of aryl methyl sites for hydroxylation is 1. The van der Waals surface area contributed by atoms with Crippen LogP contribution in [0, 0.1) is 6.92 Å². The Hall–Kier alpha value is -2.27. The molecule has 120 valence electrons. The maximum Gasteiger partial charge on any atom is 0.171 e. The summed E-state index contributed by atoms with van der Waals surface area (Å²) in [5.41, 5.74) is 3.36. The fourth-order valence-corrected chi connectivity index (χ4v) is 2.93. The summed E-state index contributed by atoms with van der Waals surface area (Å²) in [6.07, 6.45) is 0. The predicted molar refractivity (Wildman–Crippen MR) is 96.4 cm³/mol. The van der Waals surface area contributed by atoms with Gasteiger partial charge in [0, 0.05) is 11.8 Å². The van der Waals surface area contributed by atoms with Gasteiger partial charge < -0.3 is 20.1 Å². The van der Waals surface area contributed by atoms with Crippen LogP contribution in [-0.4, -0.2) is 18.3 Å². The minimum Gasteiger partial charge on any atom is -0.486 e. The van der Waals surface area contributed by atoms with Crippen LogP contribution >= 0.6 is 12.2 Å². The Bertz CT molecular complexity index is 718. The molecule has 0 aromatic heterocycles. The zero-order chi connectivity index (χ0) is 16.2. The molecule has 0 fully saturated rings. The second-order valence-corrected chi connectivity index (χ2v) is 5.94. The lowest BCUT2D eigenvalue weighted by atomic mass is 10.0. The van der Waals surface area contributed by atoms with Gasteiger partial charge >= 0.3 is 0 Å². The number of anilines is 1. The van der Waals surface area contributed by atoms with Crippen molar-refractivity contribution >= 4 is 23.0 Å². The van der Waals surface area contributed by atoms with Crippen LogP contribution in [0.1, 0.15) is 24.1 Å². The van der Waals surface area contributed by atoms with Crippen molar-refractivity contribution in [3.63, 3.8) is 0 Å². The Labute approximate surface area is 141 Å². The van der Waals surface area contributed by atoms with E-state index in [9.17, 15) is 0 Å². The summed E-state index contributed by atoms with van der Waals surface area (Å²) < 4.78 is 11.1. The highest BCUT2D eigenvalue weighted by Crippen LogP contribution is 2.32. The molecule has 2 aromatic carbocycles. The monoisotopic (exact) mass is 328 g/mol. The van der Waals surface area contributed by atoms with Crippen LogP contribution in [-0.2, 0) is 0 Å². The number of hydrogen-bond donors (Lipinski definition) is 2. The maximum absolute atomic E-state index is 5.58. The number of rotatable bonds is 3. The zero-order valence-corrected chi connectivity index (χ0v) is 14.1. The molecule has 1 aliphatic heterocycles. The Morgan fingerprint density at radius 2 is 1.83 bits per heavy atom. The van der Waals surface area contributed by atoms with E-state index >= 15 is 0 Å². The van der Waals surface area contributed by atoms with Gasteiger partial charge in [0.1, 0.15) is 13.2 Å². The van der Waals surface area contributed by atoms with E-state index in [1.54, 1.807) is 0 Å².